The Morgan fingerprint density at radius 2 is 1.88 bits per heavy atom. The minimum Gasteiger partial charge on any atom is -0.489 e. The van der Waals surface area contributed by atoms with Crippen LogP contribution in [0.3, 0.4) is 0 Å². The summed E-state index contributed by atoms with van der Waals surface area (Å²) in [5.41, 5.74) is 3.56. The summed E-state index contributed by atoms with van der Waals surface area (Å²) in [6.07, 6.45) is 1.67. The van der Waals surface area contributed by atoms with E-state index in [1.165, 1.54) is 12.1 Å². The first-order valence-electron chi connectivity index (χ1n) is 7.80. The molecular weight excluding hydrogens is 339 g/mol. The molecule has 1 N–H and O–H groups in total. The first-order chi connectivity index (χ1) is 12.2. The molecule has 2 aromatic heterocycles. The standard InChI is InChI=1S/C20H14ClFN2O/c21-18-8-9-23-20-17(18)11-19(24-20)14-2-1-3-16(10-14)25-12-13-4-6-15(22)7-5-13/h1-11H,12H2,(H,23,24). The third-order valence-corrected chi connectivity index (χ3v) is 4.27. The van der Waals surface area contributed by atoms with Crippen molar-refractivity contribution in [2.24, 2.45) is 0 Å². The molecule has 0 aliphatic rings. The van der Waals surface area contributed by atoms with Gasteiger partial charge in [0.25, 0.3) is 0 Å². The Morgan fingerprint density at radius 3 is 2.68 bits per heavy atom. The van der Waals surface area contributed by atoms with Gasteiger partial charge in [-0.2, -0.15) is 0 Å². The van der Waals surface area contributed by atoms with Crippen LogP contribution in [0.2, 0.25) is 5.02 Å². The predicted octanol–water partition coefficient (Wildman–Crippen LogP) is 5.60. The maximum Gasteiger partial charge on any atom is 0.139 e. The molecule has 0 radical (unpaired) electrons. The summed E-state index contributed by atoms with van der Waals surface area (Å²) in [7, 11) is 0. The summed E-state index contributed by atoms with van der Waals surface area (Å²) in [4.78, 5) is 7.56. The normalized spacial score (nSPS) is 11.0. The van der Waals surface area contributed by atoms with Gasteiger partial charge in [-0.1, -0.05) is 35.9 Å². The molecule has 0 atom stereocenters. The van der Waals surface area contributed by atoms with Crippen molar-refractivity contribution in [3.63, 3.8) is 0 Å². The van der Waals surface area contributed by atoms with E-state index in [4.69, 9.17) is 16.3 Å². The van der Waals surface area contributed by atoms with Gasteiger partial charge >= 0.3 is 0 Å². The highest BCUT2D eigenvalue weighted by molar-refractivity contribution is 6.35. The Balaban J connectivity index is 1.58. The Kier molecular flexibility index (Phi) is 4.12. The lowest BCUT2D eigenvalue weighted by Gasteiger charge is -2.07. The third-order valence-electron chi connectivity index (χ3n) is 3.94. The molecule has 0 fully saturated rings. The highest BCUT2D eigenvalue weighted by atomic mass is 35.5. The molecule has 0 bridgehead atoms. The zero-order valence-corrected chi connectivity index (χ0v) is 13.9. The molecule has 124 valence electrons. The van der Waals surface area contributed by atoms with Crippen molar-refractivity contribution in [1.29, 1.82) is 0 Å². The lowest BCUT2D eigenvalue weighted by Crippen LogP contribution is -1.95. The van der Waals surface area contributed by atoms with E-state index in [9.17, 15) is 4.39 Å². The van der Waals surface area contributed by atoms with Gasteiger partial charge in [0.1, 0.15) is 23.8 Å². The van der Waals surface area contributed by atoms with Crippen LogP contribution in [0, 0.1) is 5.82 Å². The van der Waals surface area contributed by atoms with Crippen molar-refractivity contribution in [3.8, 4) is 17.0 Å². The number of aromatic nitrogens is 2. The van der Waals surface area contributed by atoms with Gasteiger partial charge in [0, 0.05) is 22.8 Å². The SMILES string of the molecule is Fc1ccc(COc2cccc(-c3cc4c(Cl)ccnc4[nH]3)c2)cc1. The molecule has 3 nitrogen and oxygen atoms in total. The largest absolute Gasteiger partial charge is 0.489 e. The minimum absolute atomic E-state index is 0.253. The quantitative estimate of drug-likeness (QED) is 0.519. The number of aromatic amines is 1. The predicted molar refractivity (Wildman–Crippen MR) is 97.3 cm³/mol. The number of pyridine rings is 1. The number of nitrogens with zero attached hydrogens (tertiary/aromatic N) is 1. The van der Waals surface area contributed by atoms with Gasteiger partial charge in [-0.25, -0.2) is 9.37 Å². The number of hydrogen-bond donors (Lipinski definition) is 1. The maximum absolute atomic E-state index is 12.9. The van der Waals surface area contributed by atoms with Gasteiger partial charge in [0.05, 0.1) is 5.02 Å². The summed E-state index contributed by atoms with van der Waals surface area (Å²) in [6, 6.07) is 17.8. The van der Waals surface area contributed by atoms with E-state index in [2.05, 4.69) is 9.97 Å². The number of fused-ring (bicyclic) bond motifs is 1. The van der Waals surface area contributed by atoms with Crippen LogP contribution in [0.1, 0.15) is 5.56 Å². The first kappa shape index (κ1) is 15.7. The Bertz CT molecular complexity index is 1030. The number of ether oxygens (including phenoxy) is 1. The van der Waals surface area contributed by atoms with E-state index in [1.54, 1.807) is 24.4 Å². The van der Waals surface area contributed by atoms with E-state index >= 15 is 0 Å². The fourth-order valence-corrected chi connectivity index (χ4v) is 2.85. The Hall–Kier alpha value is -2.85. The number of benzene rings is 2. The summed E-state index contributed by atoms with van der Waals surface area (Å²) in [5.74, 6) is 0.483. The smallest absolute Gasteiger partial charge is 0.139 e. The van der Waals surface area contributed by atoms with Crippen LogP contribution in [0.5, 0.6) is 5.75 Å². The highest BCUT2D eigenvalue weighted by Gasteiger charge is 2.08. The van der Waals surface area contributed by atoms with Gasteiger partial charge in [0.15, 0.2) is 0 Å². The highest BCUT2D eigenvalue weighted by Crippen LogP contribution is 2.29. The van der Waals surface area contributed by atoms with Crippen LogP contribution in [-0.2, 0) is 6.61 Å². The van der Waals surface area contributed by atoms with Crippen molar-refractivity contribution >= 4 is 22.6 Å². The van der Waals surface area contributed by atoms with Crippen molar-refractivity contribution in [2.75, 3.05) is 0 Å². The van der Waals surface area contributed by atoms with Crippen LogP contribution in [-0.4, -0.2) is 9.97 Å². The number of rotatable bonds is 4. The lowest BCUT2D eigenvalue weighted by molar-refractivity contribution is 0.306. The first-order valence-corrected chi connectivity index (χ1v) is 8.18. The third kappa shape index (κ3) is 3.35. The Labute approximate surface area is 149 Å². The summed E-state index contributed by atoms with van der Waals surface area (Å²) in [5, 5.41) is 1.55. The van der Waals surface area contributed by atoms with E-state index in [0.29, 0.717) is 11.6 Å². The lowest BCUT2D eigenvalue weighted by atomic mass is 10.1. The summed E-state index contributed by atoms with van der Waals surface area (Å²) in [6.45, 7) is 0.379. The second-order valence-corrected chi connectivity index (χ2v) is 6.09. The molecule has 0 amide bonds. The molecule has 2 heterocycles. The molecule has 5 heteroatoms. The molecule has 0 aliphatic heterocycles. The molecule has 2 aromatic carbocycles. The average molecular weight is 353 g/mol. The van der Waals surface area contributed by atoms with E-state index in [0.717, 1.165) is 33.6 Å². The molecule has 0 saturated heterocycles. The van der Waals surface area contributed by atoms with Gasteiger partial charge in [0.2, 0.25) is 0 Å². The van der Waals surface area contributed by atoms with Crippen LogP contribution in [0.25, 0.3) is 22.3 Å². The van der Waals surface area contributed by atoms with Crippen LogP contribution < -0.4 is 4.74 Å². The molecule has 0 saturated carbocycles. The molecule has 25 heavy (non-hydrogen) atoms. The zero-order chi connectivity index (χ0) is 17.2. The number of nitrogens with one attached hydrogen (secondary N) is 1. The van der Waals surface area contributed by atoms with Gasteiger partial charge < -0.3 is 9.72 Å². The molecule has 0 spiro atoms. The molecule has 4 rings (SSSR count). The van der Waals surface area contributed by atoms with E-state index < -0.39 is 0 Å². The fourth-order valence-electron chi connectivity index (χ4n) is 2.65. The second kappa shape index (κ2) is 6.57. The zero-order valence-electron chi connectivity index (χ0n) is 13.2. The molecule has 0 unspecified atom stereocenters. The summed E-state index contributed by atoms with van der Waals surface area (Å²) < 4.78 is 18.8. The van der Waals surface area contributed by atoms with Crippen molar-refractivity contribution in [3.05, 3.63) is 83.3 Å². The fraction of sp³-hybridized carbons (Fsp3) is 0.0500. The van der Waals surface area contributed by atoms with Crippen molar-refractivity contribution in [2.45, 2.75) is 6.61 Å². The Morgan fingerprint density at radius 1 is 1.04 bits per heavy atom. The number of halogens is 2. The molecule has 4 aromatic rings. The van der Waals surface area contributed by atoms with E-state index in [1.807, 2.05) is 30.3 Å². The number of hydrogen-bond acceptors (Lipinski definition) is 2. The number of H-pyrrole nitrogens is 1. The summed E-state index contributed by atoms with van der Waals surface area (Å²) >= 11 is 6.21. The molecular formula is C20H14ClFN2O. The van der Waals surface area contributed by atoms with Gasteiger partial charge in [-0.15, -0.1) is 0 Å². The average Bonchev–Trinajstić information content (AvgIpc) is 3.07. The van der Waals surface area contributed by atoms with E-state index in [-0.39, 0.29) is 5.82 Å². The maximum atomic E-state index is 12.9. The van der Waals surface area contributed by atoms with Crippen molar-refractivity contribution < 1.29 is 9.13 Å². The van der Waals surface area contributed by atoms with Crippen LogP contribution in [0.15, 0.2) is 66.9 Å². The van der Waals surface area contributed by atoms with Crippen LogP contribution >= 0.6 is 11.6 Å². The molecule has 0 aliphatic carbocycles. The van der Waals surface area contributed by atoms with Gasteiger partial charge in [-0.05, 0) is 42.0 Å². The van der Waals surface area contributed by atoms with Gasteiger partial charge in [-0.3, -0.25) is 0 Å². The van der Waals surface area contributed by atoms with Crippen LogP contribution in [0.4, 0.5) is 4.39 Å². The van der Waals surface area contributed by atoms with Crippen molar-refractivity contribution in [1.82, 2.24) is 9.97 Å². The monoisotopic (exact) mass is 352 g/mol. The minimum atomic E-state index is -0.253. The topological polar surface area (TPSA) is 37.9 Å². The second-order valence-electron chi connectivity index (χ2n) is 5.68.